The monoisotopic (exact) mass is 431 g/mol. The van der Waals surface area contributed by atoms with Gasteiger partial charge in [0.2, 0.25) is 5.91 Å². The maximum absolute atomic E-state index is 13.0. The van der Waals surface area contributed by atoms with E-state index >= 15 is 0 Å². The van der Waals surface area contributed by atoms with Crippen molar-refractivity contribution in [2.24, 2.45) is 11.7 Å². The number of carbonyl (C=O) groups is 2. The lowest BCUT2D eigenvalue weighted by atomic mass is 10.1. The van der Waals surface area contributed by atoms with Gasteiger partial charge in [0, 0.05) is 27.3 Å². The molecule has 3 rings (SSSR count). The molecule has 2 amide bonds. The van der Waals surface area contributed by atoms with Crippen molar-refractivity contribution in [1.82, 2.24) is 5.32 Å². The molecule has 0 aromatic heterocycles. The molecule has 1 unspecified atom stereocenters. The van der Waals surface area contributed by atoms with Gasteiger partial charge in [-0.05, 0) is 48.7 Å². The van der Waals surface area contributed by atoms with Gasteiger partial charge in [-0.15, -0.1) is 11.8 Å². The van der Waals surface area contributed by atoms with Crippen LogP contribution in [0.1, 0.15) is 36.7 Å². The molecule has 1 heterocycles. The fourth-order valence-corrected chi connectivity index (χ4v) is 4.06. The Hall–Kier alpha value is -2.02. The van der Waals surface area contributed by atoms with E-state index in [9.17, 15) is 9.59 Å². The van der Waals surface area contributed by atoms with Crippen molar-refractivity contribution in [3.63, 3.8) is 0 Å². The van der Waals surface area contributed by atoms with Gasteiger partial charge in [-0.1, -0.05) is 37.6 Å². The first-order valence-corrected chi connectivity index (χ1v) is 11.0. The number of amides is 2. The van der Waals surface area contributed by atoms with Crippen LogP contribution in [-0.4, -0.2) is 29.7 Å². The highest BCUT2D eigenvalue weighted by molar-refractivity contribution is 7.99. The molecule has 2 aromatic rings. The number of carbonyl (C=O) groups excluding carboxylic acids is 2. The summed E-state index contributed by atoms with van der Waals surface area (Å²) < 4.78 is 0. The SMILES string of the molecule is CC(C)C(C)NC(=O)c1ccc2c(c1)N(Cc1ccc(Cl)cc1)C(=O)[C@@H](N)CS2. The first-order chi connectivity index (χ1) is 13.8. The third kappa shape index (κ3) is 5.13. The molecule has 5 nitrogen and oxygen atoms in total. The predicted octanol–water partition coefficient (Wildman–Crippen LogP) is 4.08. The average molecular weight is 432 g/mol. The normalized spacial score (nSPS) is 17.7. The molecular formula is C22H26ClN3O2S. The van der Waals surface area contributed by atoms with Crippen LogP contribution in [0.5, 0.6) is 0 Å². The number of nitrogens with one attached hydrogen (secondary N) is 1. The number of fused-ring (bicyclic) bond motifs is 1. The molecule has 0 aliphatic carbocycles. The summed E-state index contributed by atoms with van der Waals surface area (Å²) in [6.45, 7) is 6.47. The summed E-state index contributed by atoms with van der Waals surface area (Å²) in [6.07, 6.45) is 0. The number of halogens is 1. The Balaban J connectivity index is 1.95. The van der Waals surface area contributed by atoms with Gasteiger partial charge in [0.15, 0.2) is 0 Å². The summed E-state index contributed by atoms with van der Waals surface area (Å²) in [5.74, 6) is 0.529. The molecule has 0 saturated heterocycles. The Bertz CT molecular complexity index is 901. The molecular weight excluding hydrogens is 406 g/mol. The van der Waals surface area contributed by atoms with Crippen LogP contribution < -0.4 is 16.0 Å². The average Bonchev–Trinajstić information content (AvgIpc) is 2.81. The molecule has 29 heavy (non-hydrogen) atoms. The molecule has 2 aromatic carbocycles. The summed E-state index contributed by atoms with van der Waals surface area (Å²) in [4.78, 5) is 28.3. The van der Waals surface area contributed by atoms with Crippen LogP contribution >= 0.6 is 23.4 Å². The Morgan fingerprint density at radius 1 is 1.24 bits per heavy atom. The van der Waals surface area contributed by atoms with E-state index in [2.05, 4.69) is 19.2 Å². The standard InChI is InChI=1S/C22H26ClN3O2S/c1-13(2)14(3)25-21(27)16-6-9-20-19(10-16)26(22(28)18(24)12-29-20)11-15-4-7-17(23)8-5-15/h4-10,13-14,18H,11-12,24H2,1-3H3,(H,25,27)/t14?,18-/m0/s1. The first kappa shape index (κ1) is 21.7. The van der Waals surface area contributed by atoms with Crippen molar-refractivity contribution >= 4 is 40.9 Å². The van der Waals surface area contributed by atoms with E-state index in [1.807, 2.05) is 25.1 Å². The molecule has 7 heteroatoms. The minimum Gasteiger partial charge on any atom is -0.349 e. The molecule has 0 saturated carbocycles. The van der Waals surface area contributed by atoms with Crippen LogP contribution in [0.25, 0.3) is 0 Å². The fraction of sp³-hybridized carbons (Fsp3) is 0.364. The highest BCUT2D eigenvalue weighted by Gasteiger charge is 2.29. The van der Waals surface area contributed by atoms with Crippen LogP contribution in [0.4, 0.5) is 5.69 Å². The zero-order valence-electron chi connectivity index (χ0n) is 16.8. The van der Waals surface area contributed by atoms with E-state index in [0.717, 1.165) is 10.5 Å². The molecule has 0 fully saturated rings. The van der Waals surface area contributed by atoms with Crippen molar-refractivity contribution in [2.75, 3.05) is 10.7 Å². The molecule has 2 atom stereocenters. The zero-order chi connectivity index (χ0) is 21.1. The summed E-state index contributed by atoms with van der Waals surface area (Å²) in [7, 11) is 0. The van der Waals surface area contributed by atoms with E-state index < -0.39 is 6.04 Å². The molecule has 1 aliphatic heterocycles. The Morgan fingerprint density at radius 3 is 2.59 bits per heavy atom. The zero-order valence-corrected chi connectivity index (χ0v) is 18.4. The van der Waals surface area contributed by atoms with Gasteiger partial charge >= 0.3 is 0 Å². The minimum atomic E-state index is -0.599. The van der Waals surface area contributed by atoms with Gasteiger partial charge in [0.25, 0.3) is 5.91 Å². The minimum absolute atomic E-state index is 0.0518. The van der Waals surface area contributed by atoms with Crippen LogP contribution in [0.2, 0.25) is 5.02 Å². The van der Waals surface area contributed by atoms with Gasteiger partial charge in [-0.2, -0.15) is 0 Å². The second-order valence-corrected chi connectivity index (χ2v) is 9.16. The second kappa shape index (κ2) is 9.20. The lowest BCUT2D eigenvalue weighted by Crippen LogP contribution is -2.44. The van der Waals surface area contributed by atoms with Gasteiger partial charge in [-0.3, -0.25) is 9.59 Å². The van der Waals surface area contributed by atoms with Crippen LogP contribution in [0, 0.1) is 5.92 Å². The van der Waals surface area contributed by atoms with Crippen molar-refractivity contribution in [3.05, 3.63) is 58.6 Å². The molecule has 1 aliphatic rings. The number of nitrogens with zero attached hydrogens (tertiary/aromatic N) is 1. The summed E-state index contributed by atoms with van der Waals surface area (Å²) in [5, 5.41) is 3.66. The third-order valence-electron chi connectivity index (χ3n) is 5.13. The van der Waals surface area contributed by atoms with Gasteiger partial charge in [0.1, 0.15) is 0 Å². The van der Waals surface area contributed by atoms with E-state index in [1.165, 1.54) is 11.8 Å². The van der Waals surface area contributed by atoms with Crippen LogP contribution in [0.3, 0.4) is 0 Å². The molecule has 0 radical (unpaired) electrons. The highest BCUT2D eigenvalue weighted by Crippen LogP contribution is 2.36. The lowest BCUT2D eigenvalue weighted by Gasteiger charge is -2.25. The fourth-order valence-electron chi connectivity index (χ4n) is 2.95. The number of anilines is 1. The molecule has 0 bridgehead atoms. The first-order valence-electron chi connectivity index (χ1n) is 9.65. The number of hydrogen-bond acceptors (Lipinski definition) is 4. The number of nitrogens with two attached hydrogens (primary N) is 1. The van der Waals surface area contributed by atoms with Crippen molar-refractivity contribution in [3.8, 4) is 0 Å². The maximum atomic E-state index is 13.0. The van der Waals surface area contributed by atoms with Gasteiger partial charge in [-0.25, -0.2) is 0 Å². The summed E-state index contributed by atoms with van der Waals surface area (Å²) >= 11 is 7.52. The van der Waals surface area contributed by atoms with E-state index in [-0.39, 0.29) is 17.9 Å². The van der Waals surface area contributed by atoms with Gasteiger partial charge < -0.3 is 16.0 Å². The van der Waals surface area contributed by atoms with Crippen molar-refractivity contribution in [1.29, 1.82) is 0 Å². The van der Waals surface area contributed by atoms with Crippen molar-refractivity contribution < 1.29 is 9.59 Å². The maximum Gasteiger partial charge on any atom is 0.251 e. The molecule has 0 spiro atoms. The van der Waals surface area contributed by atoms with E-state index in [1.54, 1.807) is 29.2 Å². The highest BCUT2D eigenvalue weighted by atomic mass is 35.5. The molecule has 154 valence electrons. The van der Waals surface area contributed by atoms with Crippen LogP contribution in [-0.2, 0) is 11.3 Å². The number of rotatable bonds is 5. The van der Waals surface area contributed by atoms with Gasteiger partial charge in [0.05, 0.1) is 18.3 Å². The van der Waals surface area contributed by atoms with Crippen LogP contribution in [0.15, 0.2) is 47.4 Å². The largest absolute Gasteiger partial charge is 0.349 e. The summed E-state index contributed by atoms with van der Waals surface area (Å²) in [5.41, 5.74) is 8.30. The Labute approximate surface area is 181 Å². The van der Waals surface area contributed by atoms with E-state index in [4.69, 9.17) is 17.3 Å². The topological polar surface area (TPSA) is 75.4 Å². The molecule has 3 N–H and O–H groups in total. The Morgan fingerprint density at radius 2 is 1.93 bits per heavy atom. The number of benzene rings is 2. The summed E-state index contributed by atoms with van der Waals surface area (Å²) in [6, 6.07) is 12.3. The second-order valence-electron chi connectivity index (χ2n) is 7.66. The van der Waals surface area contributed by atoms with E-state index in [0.29, 0.717) is 34.5 Å². The van der Waals surface area contributed by atoms with Crippen molar-refractivity contribution in [2.45, 2.75) is 44.3 Å². The third-order valence-corrected chi connectivity index (χ3v) is 6.56. The lowest BCUT2D eigenvalue weighted by molar-refractivity contribution is -0.119. The quantitative estimate of drug-likeness (QED) is 0.747. The smallest absolute Gasteiger partial charge is 0.251 e. The Kier molecular flexibility index (Phi) is 6.88. The number of thioether (sulfide) groups is 1. The number of hydrogen-bond donors (Lipinski definition) is 2. The predicted molar refractivity (Wildman–Crippen MR) is 120 cm³/mol.